The molecule has 0 spiro atoms. The number of rotatable bonds is 3. The van der Waals surface area contributed by atoms with Crippen molar-refractivity contribution in [3.05, 3.63) is 46.6 Å². The average Bonchev–Trinajstić information content (AvgIpc) is 2.62. The van der Waals surface area contributed by atoms with Gasteiger partial charge in [0, 0.05) is 18.2 Å². The summed E-state index contributed by atoms with van der Waals surface area (Å²) in [6.07, 6.45) is 0. The fourth-order valence-corrected chi connectivity index (χ4v) is 2.03. The van der Waals surface area contributed by atoms with Crippen LogP contribution in [0.4, 0.5) is 0 Å². The van der Waals surface area contributed by atoms with Crippen molar-refractivity contribution < 1.29 is 14.7 Å². The zero-order valence-corrected chi connectivity index (χ0v) is 11.0. The minimum Gasteiger partial charge on any atom is -0.493 e. The highest BCUT2D eigenvalue weighted by atomic mass is 16.3. The van der Waals surface area contributed by atoms with E-state index < -0.39 is 5.78 Å². The van der Waals surface area contributed by atoms with Crippen LogP contribution < -0.4 is 0 Å². The lowest BCUT2D eigenvalue weighted by atomic mass is 9.96. The van der Waals surface area contributed by atoms with Gasteiger partial charge < -0.3 is 5.11 Å². The summed E-state index contributed by atoms with van der Waals surface area (Å²) in [4.78, 5) is 24.0. The Bertz CT molecular complexity index is 671. The van der Waals surface area contributed by atoms with Crippen LogP contribution in [0.15, 0.2) is 24.3 Å². The second-order valence-electron chi connectivity index (χ2n) is 4.34. The average molecular weight is 258 g/mol. The number of Topliss-reactive ketones (excluding diaryl/α,β-unsaturated/α-hetero) is 1. The molecule has 2 aromatic rings. The highest BCUT2D eigenvalue weighted by Gasteiger charge is 2.23. The zero-order chi connectivity index (χ0) is 14.2. The smallest absolute Gasteiger partial charge is 0.220 e. The van der Waals surface area contributed by atoms with Gasteiger partial charge in [-0.05, 0) is 13.8 Å². The van der Waals surface area contributed by atoms with E-state index in [1.165, 1.54) is 11.6 Å². The molecule has 0 saturated carbocycles. The number of aromatic nitrogens is 2. The van der Waals surface area contributed by atoms with E-state index in [0.29, 0.717) is 11.3 Å². The van der Waals surface area contributed by atoms with Crippen molar-refractivity contribution in [3.63, 3.8) is 0 Å². The van der Waals surface area contributed by atoms with Crippen molar-refractivity contribution in [1.29, 1.82) is 0 Å². The Morgan fingerprint density at radius 1 is 1.21 bits per heavy atom. The third kappa shape index (κ3) is 2.14. The Morgan fingerprint density at radius 2 is 1.79 bits per heavy atom. The first kappa shape index (κ1) is 13.0. The molecular weight excluding hydrogens is 244 g/mol. The largest absolute Gasteiger partial charge is 0.493 e. The monoisotopic (exact) mass is 258 g/mol. The first-order valence-electron chi connectivity index (χ1n) is 5.80. The van der Waals surface area contributed by atoms with E-state index in [1.807, 2.05) is 0 Å². The molecule has 0 aliphatic rings. The van der Waals surface area contributed by atoms with Gasteiger partial charge >= 0.3 is 0 Å². The number of nitrogens with zero attached hydrogens (tertiary/aromatic N) is 2. The van der Waals surface area contributed by atoms with Crippen molar-refractivity contribution in [3.8, 4) is 5.88 Å². The van der Waals surface area contributed by atoms with Gasteiger partial charge in [-0.15, -0.1) is 0 Å². The standard InChI is InChI=1S/C14H14N2O3/c1-8-12(14(19)16(3)15-8)13(18)11-7-5-4-6-10(11)9(2)17/h4-7,19H,1-3H3. The molecule has 1 heterocycles. The molecule has 0 unspecified atom stereocenters. The lowest BCUT2D eigenvalue weighted by Gasteiger charge is -2.05. The maximum absolute atomic E-state index is 12.5. The van der Waals surface area contributed by atoms with Crippen LogP contribution in [0.25, 0.3) is 0 Å². The number of carbonyl (C=O) groups is 2. The van der Waals surface area contributed by atoms with Crippen molar-refractivity contribution in [2.24, 2.45) is 7.05 Å². The van der Waals surface area contributed by atoms with Crippen LogP contribution >= 0.6 is 0 Å². The molecule has 19 heavy (non-hydrogen) atoms. The fourth-order valence-electron chi connectivity index (χ4n) is 2.03. The van der Waals surface area contributed by atoms with Gasteiger partial charge in [0.2, 0.25) is 11.7 Å². The maximum Gasteiger partial charge on any atom is 0.220 e. The molecule has 0 aliphatic heterocycles. The molecule has 0 amide bonds. The third-order valence-electron chi connectivity index (χ3n) is 2.97. The van der Waals surface area contributed by atoms with Crippen LogP contribution in [0.2, 0.25) is 0 Å². The third-order valence-corrected chi connectivity index (χ3v) is 2.97. The van der Waals surface area contributed by atoms with Gasteiger partial charge in [-0.2, -0.15) is 5.10 Å². The molecule has 5 heteroatoms. The van der Waals surface area contributed by atoms with Gasteiger partial charge in [-0.25, -0.2) is 4.68 Å². The molecule has 0 atom stereocenters. The molecule has 0 saturated heterocycles. The van der Waals surface area contributed by atoms with Crippen molar-refractivity contribution in [1.82, 2.24) is 9.78 Å². The zero-order valence-electron chi connectivity index (χ0n) is 11.0. The first-order valence-corrected chi connectivity index (χ1v) is 5.80. The predicted octanol–water partition coefficient (Wildman–Crippen LogP) is 1.87. The van der Waals surface area contributed by atoms with Gasteiger partial charge in [0.05, 0.1) is 5.69 Å². The summed E-state index contributed by atoms with van der Waals surface area (Å²) >= 11 is 0. The van der Waals surface area contributed by atoms with E-state index in [2.05, 4.69) is 5.10 Å². The van der Waals surface area contributed by atoms with Crippen LogP contribution in [0.1, 0.15) is 38.9 Å². The molecule has 0 bridgehead atoms. The van der Waals surface area contributed by atoms with E-state index in [9.17, 15) is 14.7 Å². The highest BCUT2D eigenvalue weighted by Crippen LogP contribution is 2.24. The van der Waals surface area contributed by atoms with Gasteiger partial charge in [0.15, 0.2) is 5.78 Å². The summed E-state index contributed by atoms with van der Waals surface area (Å²) in [5.74, 6) is -0.778. The number of aromatic hydroxyl groups is 1. The van der Waals surface area contributed by atoms with Gasteiger partial charge in [-0.1, -0.05) is 24.3 Å². The van der Waals surface area contributed by atoms with E-state index in [4.69, 9.17) is 0 Å². The minimum absolute atomic E-state index is 0.135. The van der Waals surface area contributed by atoms with Crippen molar-refractivity contribution in [2.45, 2.75) is 13.8 Å². The van der Waals surface area contributed by atoms with Crippen LogP contribution in [-0.2, 0) is 7.05 Å². The van der Waals surface area contributed by atoms with Crippen molar-refractivity contribution >= 4 is 11.6 Å². The van der Waals surface area contributed by atoms with E-state index in [0.717, 1.165) is 0 Å². The number of ketones is 2. The molecule has 0 fully saturated rings. The number of benzene rings is 1. The molecule has 1 N–H and O–H groups in total. The summed E-state index contributed by atoms with van der Waals surface area (Å²) in [5.41, 5.74) is 1.19. The molecule has 0 radical (unpaired) electrons. The van der Waals surface area contributed by atoms with E-state index in [-0.39, 0.29) is 22.8 Å². The van der Waals surface area contributed by atoms with Crippen molar-refractivity contribution in [2.75, 3.05) is 0 Å². The number of hydrogen-bond acceptors (Lipinski definition) is 4. The maximum atomic E-state index is 12.5. The lowest BCUT2D eigenvalue weighted by Crippen LogP contribution is -2.08. The topological polar surface area (TPSA) is 72.2 Å². The van der Waals surface area contributed by atoms with Gasteiger partial charge in [0.25, 0.3) is 0 Å². The minimum atomic E-state index is -0.395. The van der Waals surface area contributed by atoms with E-state index >= 15 is 0 Å². The summed E-state index contributed by atoms with van der Waals surface area (Å²) in [6.45, 7) is 3.05. The predicted molar refractivity (Wildman–Crippen MR) is 69.5 cm³/mol. The first-order chi connectivity index (χ1) is 8.93. The molecule has 98 valence electrons. The number of carbonyl (C=O) groups excluding carboxylic acids is 2. The molecule has 2 rings (SSSR count). The SMILES string of the molecule is CC(=O)c1ccccc1C(=O)c1c(C)nn(C)c1O. The van der Waals surface area contributed by atoms with Gasteiger partial charge in [-0.3, -0.25) is 9.59 Å². The number of aryl methyl sites for hydroxylation is 2. The van der Waals surface area contributed by atoms with Crippen LogP contribution in [0.3, 0.4) is 0 Å². The normalized spacial score (nSPS) is 10.5. The summed E-state index contributed by atoms with van der Waals surface area (Å²) in [7, 11) is 1.55. The molecule has 0 aliphatic carbocycles. The van der Waals surface area contributed by atoms with Gasteiger partial charge in [0.1, 0.15) is 5.56 Å². The van der Waals surface area contributed by atoms with Crippen LogP contribution in [0.5, 0.6) is 5.88 Å². The highest BCUT2D eigenvalue weighted by molar-refractivity contribution is 6.16. The summed E-state index contributed by atoms with van der Waals surface area (Å²) < 4.78 is 1.24. The fraction of sp³-hybridized carbons (Fsp3) is 0.214. The van der Waals surface area contributed by atoms with Crippen LogP contribution in [-0.4, -0.2) is 26.5 Å². The second kappa shape index (κ2) is 4.68. The Balaban J connectivity index is 2.60. The summed E-state index contributed by atoms with van der Waals surface area (Å²) in [5, 5.41) is 13.9. The second-order valence-corrected chi connectivity index (χ2v) is 4.34. The van der Waals surface area contributed by atoms with Crippen LogP contribution in [0, 0.1) is 6.92 Å². The van der Waals surface area contributed by atoms with E-state index in [1.54, 1.807) is 38.2 Å². The Kier molecular flexibility index (Phi) is 3.21. The summed E-state index contributed by atoms with van der Waals surface area (Å²) in [6, 6.07) is 6.55. The lowest BCUT2D eigenvalue weighted by molar-refractivity contribution is 0.0989. The molecule has 1 aromatic heterocycles. The molecule has 5 nitrogen and oxygen atoms in total. The quantitative estimate of drug-likeness (QED) is 0.853. The number of hydrogen-bond donors (Lipinski definition) is 1. The Hall–Kier alpha value is -2.43. The molecule has 1 aromatic carbocycles. The Morgan fingerprint density at radius 3 is 2.26 bits per heavy atom. The Labute approximate surface area is 110 Å². The molecular formula is C14H14N2O3.